The predicted octanol–water partition coefficient (Wildman–Crippen LogP) is 9.47. The quantitative estimate of drug-likeness (QED) is 0.260. The molecule has 3 heteroatoms. The first-order valence-electron chi connectivity index (χ1n) is 12.7. The minimum Gasteiger partial charge on any atom is -0.204 e. The van der Waals surface area contributed by atoms with E-state index in [0.717, 1.165) is 31.6 Å². The van der Waals surface area contributed by atoms with Crippen LogP contribution in [0.4, 0.5) is 13.2 Å². The summed E-state index contributed by atoms with van der Waals surface area (Å²) in [6.45, 7) is 2.30. The largest absolute Gasteiger partial charge is 0.204 e. The fourth-order valence-corrected chi connectivity index (χ4v) is 6.21. The number of rotatable bonds is 10. The predicted molar refractivity (Wildman–Crippen MR) is 119 cm³/mol. The summed E-state index contributed by atoms with van der Waals surface area (Å²) in [5.41, 5.74) is 1.28. The highest BCUT2D eigenvalue weighted by Gasteiger charge is 2.31. The Hall–Kier alpha value is -0.990. The highest BCUT2D eigenvalue weighted by molar-refractivity contribution is 5.23. The smallest absolute Gasteiger partial charge is 0.194 e. The van der Waals surface area contributed by atoms with Gasteiger partial charge in [-0.2, -0.15) is 0 Å². The third-order valence-electron chi connectivity index (χ3n) is 8.12. The SMILES string of the molecule is CCCCCC1(CCCCC2CCC(c3cc(F)c(F)c(F)c3)CC2)CCCCC1. The average molecular weight is 423 g/mol. The monoisotopic (exact) mass is 422 g/mol. The molecule has 2 fully saturated rings. The average Bonchev–Trinajstić information content (AvgIpc) is 2.76. The van der Waals surface area contributed by atoms with Gasteiger partial charge in [0.05, 0.1) is 0 Å². The lowest BCUT2D eigenvalue weighted by Crippen LogP contribution is -2.24. The molecule has 0 saturated heterocycles. The van der Waals surface area contributed by atoms with Gasteiger partial charge >= 0.3 is 0 Å². The van der Waals surface area contributed by atoms with Crippen molar-refractivity contribution in [2.75, 3.05) is 0 Å². The van der Waals surface area contributed by atoms with Crippen LogP contribution in [0.15, 0.2) is 12.1 Å². The number of benzene rings is 1. The molecule has 1 aromatic carbocycles. The highest BCUT2D eigenvalue weighted by Crippen LogP contribution is 2.45. The van der Waals surface area contributed by atoms with Gasteiger partial charge in [0.1, 0.15) is 0 Å². The van der Waals surface area contributed by atoms with Crippen molar-refractivity contribution < 1.29 is 13.2 Å². The molecule has 3 rings (SSSR count). The lowest BCUT2D eigenvalue weighted by atomic mass is 9.68. The zero-order valence-electron chi connectivity index (χ0n) is 19.0. The molecular weight excluding hydrogens is 381 g/mol. The molecule has 170 valence electrons. The van der Waals surface area contributed by atoms with Gasteiger partial charge in [0.25, 0.3) is 0 Å². The first-order chi connectivity index (χ1) is 14.5. The van der Waals surface area contributed by atoms with Crippen LogP contribution < -0.4 is 0 Å². The van der Waals surface area contributed by atoms with Crippen LogP contribution >= 0.6 is 0 Å². The third-order valence-corrected chi connectivity index (χ3v) is 8.12. The van der Waals surface area contributed by atoms with Crippen molar-refractivity contribution in [3.63, 3.8) is 0 Å². The maximum absolute atomic E-state index is 13.5. The molecule has 30 heavy (non-hydrogen) atoms. The molecule has 0 N–H and O–H groups in total. The second-order valence-corrected chi connectivity index (χ2v) is 10.3. The molecule has 0 bridgehead atoms. The Bertz CT molecular complexity index is 617. The van der Waals surface area contributed by atoms with E-state index in [1.54, 1.807) is 0 Å². The number of unbranched alkanes of at least 4 members (excludes halogenated alkanes) is 3. The van der Waals surface area contributed by atoms with Crippen LogP contribution in [0.2, 0.25) is 0 Å². The van der Waals surface area contributed by atoms with Crippen LogP contribution in [0.5, 0.6) is 0 Å². The first-order valence-corrected chi connectivity index (χ1v) is 12.7. The van der Waals surface area contributed by atoms with E-state index in [9.17, 15) is 13.2 Å². The van der Waals surface area contributed by atoms with Crippen LogP contribution in [0.1, 0.15) is 128 Å². The van der Waals surface area contributed by atoms with E-state index in [0.29, 0.717) is 11.0 Å². The number of hydrogen-bond acceptors (Lipinski definition) is 0. The fraction of sp³-hybridized carbons (Fsp3) is 0.778. The van der Waals surface area contributed by atoms with Gasteiger partial charge in [-0.05, 0) is 86.3 Å². The van der Waals surface area contributed by atoms with E-state index in [1.807, 2.05) is 0 Å². The van der Waals surface area contributed by atoms with Gasteiger partial charge in [0, 0.05) is 0 Å². The molecule has 0 spiro atoms. The molecule has 1 aromatic rings. The first kappa shape index (κ1) is 23.7. The van der Waals surface area contributed by atoms with Crippen LogP contribution in [0.25, 0.3) is 0 Å². The summed E-state index contributed by atoms with van der Waals surface area (Å²) in [4.78, 5) is 0. The summed E-state index contributed by atoms with van der Waals surface area (Å²) in [6, 6.07) is 2.40. The summed E-state index contributed by atoms with van der Waals surface area (Å²) in [7, 11) is 0. The topological polar surface area (TPSA) is 0 Å². The maximum Gasteiger partial charge on any atom is 0.194 e. The number of hydrogen-bond donors (Lipinski definition) is 0. The van der Waals surface area contributed by atoms with E-state index in [4.69, 9.17) is 0 Å². The Balaban J connectivity index is 1.39. The van der Waals surface area contributed by atoms with Crippen molar-refractivity contribution in [3.8, 4) is 0 Å². The zero-order chi connectivity index (χ0) is 21.4. The van der Waals surface area contributed by atoms with Crippen molar-refractivity contribution in [2.24, 2.45) is 11.3 Å². The van der Waals surface area contributed by atoms with Crippen molar-refractivity contribution in [1.29, 1.82) is 0 Å². The van der Waals surface area contributed by atoms with Gasteiger partial charge < -0.3 is 0 Å². The summed E-state index contributed by atoms with van der Waals surface area (Å²) in [5.74, 6) is -2.53. The normalized spacial score (nSPS) is 24.1. The molecule has 0 atom stereocenters. The molecule has 2 aliphatic rings. The van der Waals surface area contributed by atoms with Gasteiger partial charge in [-0.15, -0.1) is 0 Å². The third kappa shape index (κ3) is 6.50. The lowest BCUT2D eigenvalue weighted by molar-refractivity contribution is 0.145. The van der Waals surface area contributed by atoms with Gasteiger partial charge in [-0.1, -0.05) is 64.7 Å². The second kappa shape index (κ2) is 11.6. The second-order valence-electron chi connectivity index (χ2n) is 10.3. The molecule has 2 saturated carbocycles. The Morgan fingerprint density at radius 2 is 1.40 bits per heavy atom. The van der Waals surface area contributed by atoms with Crippen molar-refractivity contribution >= 4 is 0 Å². The van der Waals surface area contributed by atoms with Crippen molar-refractivity contribution in [2.45, 2.75) is 122 Å². The molecule has 0 amide bonds. The van der Waals surface area contributed by atoms with E-state index >= 15 is 0 Å². The molecule has 0 aliphatic heterocycles. The lowest BCUT2D eigenvalue weighted by Gasteiger charge is -2.38. The van der Waals surface area contributed by atoms with Crippen molar-refractivity contribution in [3.05, 3.63) is 35.1 Å². The standard InChI is InChI=1S/C27H41F3/c1-2-3-6-15-27(16-7-4-8-17-27)18-9-5-10-21-11-13-22(14-12-21)23-19-24(28)26(30)25(29)20-23/h19-22H,2-18H2,1H3. The minimum atomic E-state index is -1.35. The Morgan fingerprint density at radius 3 is 2.00 bits per heavy atom. The number of halogens is 3. The van der Waals surface area contributed by atoms with Crippen LogP contribution in [0, 0.1) is 28.8 Å². The van der Waals surface area contributed by atoms with E-state index in [2.05, 4.69) is 6.92 Å². The van der Waals surface area contributed by atoms with Gasteiger partial charge in [-0.25, -0.2) is 13.2 Å². The summed E-state index contributed by atoms with van der Waals surface area (Å²) in [6.07, 6.45) is 22.3. The molecule has 0 radical (unpaired) electrons. The molecule has 0 heterocycles. The fourth-order valence-electron chi connectivity index (χ4n) is 6.21. The van der Waals surface area contributed by atoms with Crippen LogP contribution in [0.3, 0.4) is 0 Å². The van der Waals surface area contributed by atoms with Gasteiger partial charge in [0.2, 0.25) is 0 Å². The summed E-state index contributed by atoms with van der Waals surface area (Å²) in [5, 5.41) is 0. The zero-order valence-corrected chi connectivity index (χ0v) is 19.0. The highest BCUT2D eigenvalue weighted by atomic mass is 19.2. The van der Waals surface area contributed by atoms with Gasteiger partial charge in [0.15, 0.2) is 17.5 Å². The molecule has 0 aromatic heterocycles. The van der Waals surface area contributed by atoms with E-state index < -0.39 is 17.5 Å². The van der Waals surface area contributed by atoms with E-state index in [-0.39, 0.29) is 5.92 Å². The molecule has 0 unspecified atom stereocenters. The van der Waals surface area contributed by atoms with Crippen LogP contribution in [-0.2, 0) is 0 Å². The maximum atomic E-state index is 13.5. The summed E-state index contributed by atoms with van der Waals surface area (Å²) >= 11 is 0. The van der Waals surface area contributed by atoms with E-state index in [1.165, 1.54) is 95.6 Å². The molecule has 2 aliphatic carbocycles. The minimum absolute atomic E-state index is 0.176. The van der Waals surface area contributed by atoms with Crippen molar-refractivity contribution in [1.82, 2.24) is 0 Å². The Morgan fingerprint density at radius 1 is 0.800 bits per heavy atom. The summed E-state index contributed by atoms with van der Waals surface area (Å²) < 4.78 is 40.3. The molecule has 0 nitrogen and oxygen atoms in total. The molecular formula is C27H41F3. The van der Waals surface area contributed by atoms with Crippen LogP contribution in [-0.4, -0.2) is 0 Å². The van der Waals surface area contributed by atoms with Gasteiger partial charge in [-0.3, -0.25) is 0 Å². The Labute approximate surface area is 182 Å². The Kier molecular flexibility index (Phi) is 9.13.